The average molecular weight is 312 g/mol. The fraction of sp³-hybridized carbons (Fsp3) is 0.941. The molecule has 5 heteroatoms. The van der Waals surface area contributed by atoms with Crippen molar-refractivity contribution in [1.82, 2.24) is 10.2 Å². The van der Waals surface area contributed by atoms with Gasteiger partial charge in [0, 0.05) is 25.7 Å². The molecule has 0 aromatic carbocycles. The molecule has 0 saturated carbocycles. The molecule has 0 aliphatic carbocycles. The van der Waals surface area contributed by atoms with Crippen molar-refractivity contribution in [1.29, 1.82) is 0 Å². The number of amides is 1. The normalized spacial score (nSPS) is 24.3. The Balaban J connectivity index is 1.59. The van der Waals surface area contributed by atoms with Crippen LogP contribution >= 0.6 is 0 Å². The van der Waals surface area contributed by atoms with Gasteiger partial charge >= 0.3 is 6.09 Å². The van der Waals surface area contributed by atoms with E-state index in [-0.39, 0.29) is 6.09 Å². The van der Waals surface area contributed by atoms with Gasteiger partial charge in [0.2, 0.25) is 0 Å². The second-order valence-corrected chi connectivity index (χ2v) is 7.47. The van der Waals surface area contributed by atoms with E-state index in [1.54, 1.807) is 4.90 Å². The molecular weight excluding hydrogens is 280 g/mol. The van der Waals surface area contributed by atoms with E-state index in [1.165, 1.54) is 19.3 Å². The van der Waals surface area contributed by atoms with Crippen LogP contribution in [0, 0.1) is 0 Å². The maximum absolute atomic E-state index is 12.0. The molecule has 0 radical (unpaired) electrons. The number of ether oxygens (including phenoxy) is 2. The largest absolute Gasteiger partial charge is 0.444 e. The van der Waals surface area contributed by atoms with Crippen LogP contribution in [0.1, 0.15) is 59.3 Å². The van der Waals surface area contributed by atoms with Gasteiger partial charge in [-0.05, 0) is 59.4 Å². The zero-order valence-electron chi connectivity index (χ0n) is 14.4. The summed E-state index contributed by atoms with van der Waals surface area (Å²) in [4.78, 5) is 13.8. The molecular formula is C17H32N2O3. The highest BCUT2D eigenvalue weighted by molar-refractivity contribution is 5.68. The molecule has 22 heavy (non-hydrogen) atoms. The molecule has 1 atom stereocenters. The van der Waals surface area contributed by atoms with Crippen LogP contribution < -0.4 is 5.32 Å². The fourth-order valence-electron chi connectivity index (χ4n) is 3.08. The summed E-state index contributed by atoms with van der Waals surface area (Å²) >= 11 is 0. The molecule has 1 amide bonds. The molecule has 1 unspecified atom stereocenters. The van der Waals surface area contributed by atoms with Gasteiger partial charge in [-0.2, -0.15) is 0 Å². The van der Waals surface area contributed by atoms with E-state index in [2.05, 4.69) is 5.32 Å². The van der Waals surface area contributed by atoms with Crippen LogP contribution in [-0.2, 0) is 9.47 Å². The first-order valence-electron chi connectivity index (χ1n) is 8.77. The Kier molecular flexibility index (Phi) is 6.50. The fourth-order valence-corrected chi connectivity index (χ4v) is 3.08. The van der Waals surface area contributed by atoms with Gasteiger partial charge in [-0.3, -0.25) is 0 Å². The minimum absolute atomic E-state index is 0.197. The van der Waals surface area contributed by atoms with Crippen LogP contribution in [0.15, 0.2) is 0 Å². The first-order valence-corrected chi connectivity index (χ1v) is 8.77. The van der Waals surface area contributed by atoms with E-state index >= 15 is 0 Å². The highest BCUT2D eigenvalue weighted by atomic mass is 16.6. The lowest BCUT2D eigenvalue weighted by Crippen LogP contribution is -2.43. The number of nitrogens with zero attached hydrogens (tertiary/aromatic N) is 1. The zero-order valence-corrected chi connectivity index (χ0v) is 14.4. The van der Waals surface area contributed by atoms with Gasteiger partial charge in [-0.25, -0.2) is 4.79 Å². The number of carbonyl (C=O) groups is 1. The van der Waals surface area contributed by atoms with Gasteiger partial charge in [0.1, 0.15) is 5.60 Å². The van der Waals surface area contributed by atoms with Crippen LogP contribution in [0.3, 0.4) is 0 Å². The highest BCUT2D eigenvalue weighted by Crippen LogP contribution is 2.18. The molecule has 2 rings (SSSR count). The second-order valence-electron chi connectivity index (χ2n) is 7.47. The van der Waals surface area contributed by atoms with E-state index < -0.39 is 5.60 Å². The molecule has 2 aliphatic heterocycles. The monoisotopic (exact) mass is 312 g/mol. The third-order valence-corrected chi connectivity index (χ3v) is 4.33. The molecule has 5 nitrogen and oxygen atoms in total. The van der Waals surface area contributed by atoms with Gasteiger partial charge in [-0.15, -0.1) is 0 Å². The Hall–Kier alpha value is -0.810. The summed E-state index contributed by atoms with van der Waals surface area (Å²) in [6, 6.07) is 0.635. The molecule has 2 fully saturated rings. The smallest absolute Gasteiger partial charge is 0.410 e. The number of nitrogens with one attached hydrogen (secondary N) is 1. The van der Waals surface area contributed by atoms with Crippen molar-refractivity contribution >= 4 is 6.09 Å². The molecule has 1 N–H and O–H groups in total. The van der Waals surface area contributed by atoms with Crippen molar-refractivity contribution in [3.63, 3.8) is 0 Å². The van der Waals surface area contributed by atoms with Gasteiger partial charge in [0.15, 0.2) is 0 Å². The quantitative estimate of drug-likeness (QED) is 0.867. The topological polar surface area (TPSA) is 50.8 Å². The van der Waals surface area contributed by atoms with Gasteiger partial charge in [-0.1, -0.05) is 6.42 Å². The van der Waals surface area contributed by atoms with Crippen molar-refractivity contribution in [2.75, 3.05) is 26.2 Å². The van der Waals surface area contributed by atoms with E-state index in [9.17, 15) is 4.79 Å². The Morgan fingerprint density at radius 3 is 2.50 bits per heavy atom. The summed E-state index contributed by atoms with van der Waals surface area (Å²) in [6.07, 6.45) is 6.95. The highest BCUT2D eigenvalue weighted by Gasteiger charge is 2.27. The van der Waals surface area contributed by atoms with Crippen LogP contribution in [-0.4, -0.2) is 55.0 Å². The van der Waals surface area contributed by atoms with E-state index in [1.807, 2.05) is 20.8 Å². The van der Waals surface area contributed by atoms with Crippen molar-refractivity contribution in [3.05, 3.63) is 0 Å². The third-order valence-electron chi connectivity index (χ3n) is 4.33. The minimum Gasteiger partial charge on any atom is -0.444 e. The van der Waals surface area contributed by atoms with Gasteiger partial charge < -0.3 is 19.7 Å². The van der Waals surface area contributed by atoms with Crippen molar-refractivity contribution in [2.45, 2.75) is 77.0 Å². The number of hydrogen-bond donors (Lipinski definition) is 1. The average Bonchev–Trinajstić information content (AvgIpc) is 2.47. The summed E-state index contributed by atoms with van der Waals surface area (Å²) in [5, 5.41) is 3.55. The molecule has 2 saturated heterocycles. The molecule has 0 spiro atoms. The standard InChI is InChI=1S/C17H32N2O3/c1-17(2,3)22-16(20)19-11-7-15(8-12-19)21-13-9-14-6-4-5-10-18-14/h14-15,18H,4-13H2,1-3H3. The lowest BCUT2D eigenvalue weighted by atomic mass is 10.0. The summed E-state index contributed by atoms with van der Waals surface area (Å²) in [5.41, 5.74) is -0.419. The number of likely N-dealkylation sites (tertiary alicyclic amines) is 1. The maximum atomic E-state index is 12.0. The first kappa shape index (κ1) is 17.5. The minimum atomic E-state index is -0.419. The predicted molar refractivity (Wildman–Crippen MR) is 87.0 cm³/mol. The third kappa shape index (κ3) is 6.13. The van der Waals surface area contributed by atoms with E-state index in [0.717, 1.165) is 45.5 Å². The predicted octanol–water partition coefficient (Wildman–Crippen LogP) is 2.93. The number of rotatable bonds is 4. The lowest BCUT2D eigenvalue weighted by molar-refractivity contribution is -0.0135. The van der Waals surface area contributed by atoms with Crippen molar-refractivity contribution in [2.24, 2.45) is 0 Å². The summed E-state index contributed by atoms with van der Waals surface area (Å²) in [5.74, 6) is 0. The van der Waals surface area contributed by atoms with Crippen LogP contribution in [0.4, 0.5) is 4.79 Å². The Morgan fingerprint density at radius 1 is 1.18 bits per heavy atom. The Bertz CT molecular complexity index is 340. The summed E-state index contributed by atoms with van der Waals surface area (Å²) < 4.78 is 11.4. The van der Waals surface area contributed by atoms with Crippen molar-refractivity contribution < 1.29 is 14.3 Å². The molecule has 0 aromatic rings. The van der Waals surface area contributed by atoms with Crippen molar-refractivity contribution in [3.8, 4) is 0 Å². The second kappa shape index (κ2) is 8.16. The van der Waals surface area contributed by atoms with E-state index in [4.69, 9.17) is 9.47 Å². The van der Waals surface area contributed by atoms with Crippen LogP contribution in [0.2, 0.25) is 0 Å². The lowest BCUT2D eigenvalue weighted by Gasteiger charge is -2.33. The molecule has 128 valence electrons. The molecule has 2 aliphatic rings. The van der Waals surface area contributed by atoms with Crippen LogP contribution in [0.5, 0.6) is 0 Å². The van der Waals surface area contributed by atoms with E-state index in [0.29, 0.717) is 12.1 Å². The number of hydrogen-bond acceptors (Lipinski definition) is 4. The SMILES string of the molecule is CC(C)(C)OC(=O)N1CCC(OCCC2CCCCN2)CC1. The molecule has 0 bridgehead atoms. The molecule has 0 aromatic heterocycles. The van der Waals surface area contributed by atoms with Gasteiger partial charge in [0.05, 0.1) is 6.10 Å². The summed E-state index contributed by atoms with van der Waals surface area (Å²) in [6.45, 7) is 9.16. The first-order chi connectivity index (χ1) is 10.4. The number of carbonyl (C=O) groups excluding carboxylic acids is 1. The Morgan fingerprint density at radius 2 is 1.91 bits per heavy atom. The molecule has 2 heterocycles. The Labute approximate surface area is 134 Å². The van der Waals surface area contributed by atoms with Crippen LogP contribution in [0.25, 0.3) is 0 Å². The maximum Gasteiger partial charge on any atom is 0.410 e. The zero-order chi connectivity index (χ0) is 16.0. The van der Waals surface area contributed by atoms with Gasteiger partial charge in [0.25, 0.3) is 0 Å². The summed E-state index contributed by atoms with van der Waals surface area (Å²) in [7, 11) is 0. The number of piperidine rings is 2.